The summed E-state index contributed by atoms with van der Waals surface area (Å²) in [6.45, 7) is 6.31. The maximum atomic E-state index is 12.2. The Morgan fingerprint density at radius 1 is 1.00 bits per heavy atom. The molecule has 2 aromatic carbocycles. The monoisotopic (exact) mass is 411 g/mol. The van der Waals surface area contributed by atoms with E-state index in [4.69, 9.17) is 18.6 Å². The highest BCUT2D eigenvalue weighted by Gasteiger charge is 2.14. The van der Waals surface area contributed by atoms with Gasteiger partial charge in [0.15, 0.2) is 18.1 Å². The standard InChI is InChI=1S/C23H25NO6/c1-4-27-19-9-7-17(12-21(19)28-5-2)24-22(25)14-30-23(26)11-16-13-29-20-10-15(3)6-8-18(16)20/h6-10,12-13H,4-5,11,14H2,1-3H3,(H,24,25). The molecule has 7 heteroatoms. The molecule has 158 valence electrons. The van der Waals surface area contributed by atoms with Crippen molar-refractivity contribution in [3.63, 3.8) is 0 Å². The number of carbonyl (C=O) groups excluding carboxylic acids is 2. The van der Waals surface area contributed by atoms with Gasteiger partial charge in [-0.2, -0.15) is 0 Å². The third-order valence-corrected chi connectivity index (χ3v) is 4.34. The first-order chi connectivity index (χ1) is 14.5. The van der Waals surface area contributed by atoms with Crippen LogP contribution in [-0.4, -0.2) is 31.7 Å². The third kappa shape index (κ3) is 5.31. The first kappa shape index (κ1) is 21.2. The molecule has 1 N–H and O–H groups in total. The van der Waals surface area contributed by atoms with Crippen LogP contribution >= 0.6 is 0 Å². The minimum Gasteiger partial charge on any atom is -0.490 e. The molecular weight excluding hydrogens is 386 g/mol. The fraction of sp³-hybridized carbons (Fsp3) is 0.304. The summed E-state index contributed by atoms with van der Waals surface area (Å²) in [4.78, 5) is 24.3. The largest absolute Gasteiger partial charge is 0.490 e. The molecule has 1 amide bonds. The molecule has 0 radical (unpaired) electrons. The summed E-state index contributed by atoms with van der Waals surface area (Å²) < 4.78 is 21.6. The number of benzene rings is 2. The van der Waals surface area contributed by atoms with Crippen molar-refractivity contribution in [1.82, 2.24) is 0 Å². The molecule has 0 atom stereocenters. The van der Waals surface area contributed by atoms with E-state index >= 15 is 0 Å². The maximum absolute atomic E-state index is 12.2. The van der Waals surface area contributed by atoms with Gasteiger partial charge in [0.2, 0.25) is 0 Å². The van der Waals surface area contributed by atoms with Gasteiger partial charge in [0.05, 0.1) is 25.9 Å². The number of fused-ring (bicyclic) bond motifs is 1. The van der Waals surface area contributed by atoms with Crippen LogP contribution in [0, 0.1) is 6.92 Å². The Hall–Kier alpha value is -3.48. The van der Waals surface area contributed by atoms with Crippen LogP contribution in [0.25, 0.3) is 11.0 Å². The Balaban J connectivity index is 1.55. The summed E-state index contributed by atoms with van der Waals surface area (Å²) in [6, 6.07) is 10.9. The van der Waals surface area contributed by atoms with Gasteiger partial charge in [-0.25, -0.2) is 0 Å². The van der Waals surface area contributed by atoms with Crippen molar-refractivity contribution in [2.45, 2.75) is 27.2 Å². The van der Waals surface area contributed by atoms with Crippen molar-refractivity contribution < 1.29 is 28.2 Å². The number of anilines is 1. The van der Waals surface area contributed by atoms with E-state index in [1.54, 1.807) is 24.5 Å². The lowest BCUT2D eigenvalue weighted by Gasteiger charge is -2.13. The van der Waals surface area contributed by atoms with Gasteiger partial charge in [0.25, 0.3) is 5.91 Å². The number of esters is 1. The third-order valence-electron chi connectivity index (χ3n) is 4.34. The Kier molecular flexibility index (Phi) is 6.95. The predicted molar refractivity (Wildman–Crippen MR) is 113 cm³/mol. The summed E-state index contributed by atoms with van der Waals surface area (Å²) in [5, 5.41) is 3.55. The van der Waals surface area contributed by atoms with Crippen LogP contribution < -0.4 is 14.8 Å². The van der Waals surface area contributed by atoms with E-state index in [-0.39, 0.29) is 13.0 Å². The van der Waals surface area contributed by atoms with Crippen molar-refractivity contribution in [3.8, 4) is 11.5 Å². The zero-order valence-electron chi connectivity index (χ0n) is 17.3. The summed E-state index contributed by atoms with van der Waals surface area (Å²) in [5.74, 6) is 0.195. The molecule has 0 saturated carbocycles. The van der Waals surface area contributed by atoms with Gasteiger partial charge >= 0.3 is 5.97 Å². The van der Waals surface area contributed by atoms with Gasteiger partial charge in [-0.15, -0.1) is 0 Å². The number of aryl methyl sites for hydroxylation is 1. The molecule has 1 aromatic heterocycles. The molecule has 0 saturated heterocycles. The van der Waals surface area contributed by atoms with Crippen LogP contribution in [0.1, 0.15) is 25.0 Å². The van der Waals surface area contributed by atoms with Gasteiger partial charge in [0, 0.05) is 22.7 Å². The number of carbonyl (C=O) groups is 2. The number of ether oxygens (including phenoxy) is 3. The predicted octanol–water partition coefficient (Wildman–Crippen LogP) is 4.26. The smallest absolute Gasteiger partial charge is 0.310 e. The number of furan rings is 1. The fourth-order valence-electron chi connectivity index (χ4n) is 3.01. The normalized spacial score (nSPS) is 10.6. The van der Waals surface area contributed by atoms with Crippen molar-refractivity contribution in [3.05, 3.63) is 53.8 Å². The van der Waals surface area contributed by atoms with Crippen LogP contribution in [0.2, 0.25) is 0 Å². The van der Waals surface area contributed by atoms with Crippen LogP contribution in [0.15, 0.2) is 47.1 Å². The zero-order chi connectivity index (χ0) is 21.5. The highest BCUT2D eigenvalue weighted by atomic mass is 16.5. The number of rotatable bonds is 9. The second kappa shape index (κ2) is 9.82. The lowest BCUT2D eigenvalue weighted by molar-refractivity contribution is -0.146. The minimum absolute atomic E-state index is 0.0287. The lowest BCUT2D eigenvalue weighted by Crippen LogP contribution is -2.21. The maximum Gasteiger partial charge on any atom is 0.310 e. The van der Waals surface area contributed by atoms with Crippen molar-refractivity contribution >= 4 is 28.5 Å². The van der Waals surface area contributed by atoms with Crippen molar-refractivity contribution in [1.29, 1.82) is 0 Å². The molecule has 1 heterocycles. The van der Waals surface area contributed by atoms with Crippen molar-refractivity contribution in [2.75, 3.05) is 25.1 Å². The van der Waals surface area contributed by atoms with Crippen LogP contribution in [0.5, 0.6) is 11.5 Å². The minimum atomic E-state index is -0.505. The van der Waals surface area contributed by atoms with E-state index < -0.39 is 11.9 Å². The molecule has 0 fully saturated rings. The summed E-state index contributed by atoms with van der Waals surface area (Å²) in [5.41, 5.74) is 3.04. The second-order valence-corrected chi connectivity index (χ2v) is 6.67. The molecule has 30 heavy (non-hydrogen) atoms. The number of amides is 1. The SMILES string of the molecule is CCOc1ccc(NC(=O)COC(=O)Cc2coc3cc(C)ccc23)cc1OCC. The van der Waals surface area contributed by atoms with E-state index in [2.05, 4.69) is 5.32 Å². The van der Waals surface area contributed by atoms with E-state index in [1.165, 1.54) is 0 Å². The first-order valence-electron chi connectivity index (χ1n) is 9.82. The van der Waals surface area contributed by atoms with Crippen LogP contribution in [0.3, 0.4) is 0 Å². The number of hydrogen-bond donors (Lipinski definition) is 1. The zero-order valence-corrected chi connectivity index (χ0v) is 17.3. The number of nitrogens with one attached hydrogen (secondary N) is 1. The number of hydrogen-bond acceptors (Lipinski definition) is 6. The van der Waals surface area contributed by atoms with Gasteiger partial charge in [-0.3, -0.25) is 9.59 Å². The highest BCUT2D eigenvalue weighted by Crippen LogP contribution is 2.30. The van der Waals surface area contributed by atoms with Crippen LogP contribution in [0.4, 0.5) is 5.69 Å². The van der Waals surface area contributed by atoms with Gasteiger partial charge in [-0.05, 0) is 44.5 Å². The van der Waals surface area contributed by atoms with Gasteiger partial charge in [-0.1, -0.05) is 12.1 Å². The quantitative estimate of drug-likeness (QED) is 0.530. The molecular formula is C23H25NO6. The van der Waals surface area contributed by atoms with Crippen molar-refractivity contribution in [2.24, 2.45) is 0 Å². The lowest BCUT2D eigenvalue weighted by atomic mass is 10.1. The van der Waals surface area contributed by atoms with Gasteiger partial charge < -0.3 is 23.9 Å². The average molecular weight is 411 g/mol. The van der Waals surface area contributed by atoms with E-state index in [0.29, 0.717) is 30.4 Å². The Labute approximate surface area is 174 Å². The molecule has 0 aliphatic rings. The van der Waals surface area contributed by atoms with E-state index in [1.807, 2.05) is 39.0 Å². The molecule has 0 unspecified atom stereocenters. The van der Waals surface area contributed by atoms with Gasteiger partial charge in [0.1, 0.15) is 5.58 Å². The molecule has 0 bridgehead atoms. The summed E-state index contributed by atoms with van der Waals surface area (Å²) >= 11 is 0. The second-order valence-electron chi connectivity index (χ2n) is 6.67. The van der Waals surface area contributed by atoms with Crippen LogP contribution in [-0.2, 0) is 20.7 Å². The molecule has 3 rings (SSSR count). The van der Waals surface area contributed by atoms with E-state index in [9.17, 15) is 9.59 Å². The summed E-state index contributed by atoms with van der Waals surface area (Å²) in [6.07, 6.45) is 1.57. The Morgan fingerprint density at radius 3 is 2.53 bits per heavy atom. The summed E-state index contributed by atoms with van der Waals surface area (Å²) in [7, 11) is 0. The van der Waals surface area contributed by atoms with E-state index in [0.717, 1.165) is 22.1 Å². The molecule has 7 nitrogen and oxygen atoms in total. The molecule has 3 aromatic rings. The molecule has 0 aliphatic carbocycles. The first-order valence-corrected chi connectivity index (χ1v) is 9.82. The Bertz CT molecular complexity index is 1040. The molecule has 0 aliphatic heterocycles. The molecule has 0 spiro atoms. The highest BCUT2D eigenvalue weighted by molar-refractivity contribution is 5.93. The topological polar surface area (TPSA) is 87.0 Å². The fourth-order valence-corrected chi connectivity index (χ4v) is 3.01. The Morgan fingerprint density at radius 2 is 1.77 bits per heavy atom. The average Bonchev–Trinajstić information content (AvgIpc) is 3.10.